The summed E-state index contributed by atoms with van der Waals surface area (Å²) in [7, 11) is 0. The average molecular weight is 384 g/mol. The van der Waals surface area contributed by atoms with Gasteiger partial charge in [-0.15, -0.1) is 11.3 Å². The van der Waals surface area contributed by atoms with Gasteiger partial charge in [0.2, 0.25) is 0 Å². The molecular weight excluding hydrogens is 364 g/mol. The van der Waals surface area contributed by atoms with Crippen LogP contribution in [0.2, 0.25) is 0 Å². The van der Waals surface area contributed by atoms with Crippen LogP contribution in [0.4, 0.5) is 0 Å². The van der Waals surface area contributed by atoms with Crippen LogP contribution < -0.4 is 10.9 Å². The second-order valence-electron chi connectivity index (χ2n) is 6.74. The van der Waals surface area contributed by atoms with Gasteiger partial charge in [-0.3, -0.25) is 14.5 Å². The summed E-state index contributed by atoms with van der Waals surface area (Å²) >= 11 is 1.28. The molecule has 0 saturated carbocycles. The number of fused-ring (bicyclic) bond motifs is 1. The molecule has 0 unspecified atom stereocenters. The Labute approximate surface area is 159 Å². The van der Waals surface area contributed by atoms with E-state index in [1.54, 1.807) is 5.38 Å². The Morgan fingerprint density at radius 1 is 1.33 bits per heavy atom. The number of benzene rings is 1. The summed E-state index contributed by atoms with van der Waals surface area (Å²) in [6, 6.07) is 8.06. The minimum Gasteiger partial charge on any atom is -0.392 e. The van der Waals surface area contributed by atoms with E-state index in [4.69, 9.17) is 0 Å². The smallest absolute Gasteiger partial charge is 0.260 e. The molecule has 1 aliphatic rings. The summed E-state index contributed by atoms with van der Waals surface area (Å²) in [5.74, 6) is -0.283. The van der Waals surface area contributed by atoms with Crippen LogP contribution >= 0.6 is 11.3 Å². The zero-order valence-corrected chi connectivity index (χ0v) is 15.5. The molecule has 0 spiro atoms. The van der Waals surface area contributed by atoms with Crippen LogP contribution in [0.25, 0.3) is 10.2 Å². The Morgan fingerprint density at radius 3 is 2.85 bits per heavy atom. The van der Waals surface area contributed by atoms with Crippen LogP contribution in [0.1, 0.15) is 27.9 Å². The van der Waals surface area contributed by atoms with Gasteiger partial charge in [0.15, 0.2) is 0 Å². The lowest BCUT2D eigenvalue weighted by Crippen LogP contribution is -2.24. The van der Waals surface area contributed by atoms with E-state index in [1.165, 1.54) is 23.2 Å². The highest BCUT2D eigenvalue weighted by atomic mass is 32.1. The van der Waals surface area contributed by atoms with Crippen molar-refractivity contribution in [2.24, 2.45) is 0 Å². The number of nitrogens with one attached hydrogen (secondary N) is 2. The molecule has 7 nitrogen and oxygen atoms in total. The number of aromatic amines is 1. The molecule has 1 aliphatic heterocycles. The maximum Gasteiger partial charge on any atom is 0.260 e. The van der Waals surface area contributed by atoms with Crippen LogP contribution in [-0.4, -0.2) is 45.1 Å². The number of hydrogen-bond acceptors (Lipinski definition) is 6. The van der Waals surface area contributed by atoms with Crippen molar-refractivity contribution < 1.29 is 9.90 Å². The van der Waals surface area contributed by atoms with Crippen LogP contribution in [-0.2, 0) is 13.1 Å². The Hall–Kier alpha value is -2.55. The van der Waals surface area contributed by atoms with Gasteiger partial charge < -0.3 is 15.4 Å². The van der Waals surface area contributed by atoms with Crippen molar-refractivity contribution >= 4 is 27.5 Å². The van der Waals surface area contributed by atoms with E-state index in [0.717, 1.165) is 31.6 Å². The second-order valence-corrected chi connectivity index (χ2v) is 7.60. The molecule has 3 N–H and O–H groups in total. The largest absolute Gasteiger partial charge is 0.392 e. The number of carbonyl (C=O) groups excluding carboxylic acids is 1. The number of aromatic nitrogens is 2. The Bertz CT molecular complexity index is 1010. The fraction of sp³-hybridized carbons (Fsp3) is 0.316. The number of likely N-dealkylation sites (tertiary alicyclic amines) is 1. The van der Waals surface area contributed by atoms with Gasteiger partial charge in [0.25, 0.3) is 11.5 Å². The van der Waals surface area contributed by atoms with E-state index < -0.39 is 0 Å². The van der Waals surface area contributed by atoms with E-state index >= 15 is 0 Å². The highest BCUT2D eigenvalue weighted by Crippen LogP contribution is 2.20. The van der Waals surface area contributed by atoms with Gasteiger partial charge in [0.1, 0.15) is 4.83 Å². The lowest BCUT2D eigenvalue weighted by molar-refractivity contribution is 0.0953. The van der Waals surface area contributed by atoms with Crippen LogP contribution in [0.3, 0.4) is 0 Å². The van der Waals surface area contributed by atoms with E-state index in [2.05, 4.69) is 20.2 Å². The second kappa shape index (κ2) is 7.59. The molecule has 1 atom stereocenters. The number of H-pyrrole nitrogens is 1. The molecule has 1 amide bonds. The Morgan fingerprint density at radius 2 is 2.11 bits per heavy atom. The van der Waals surface area contributed by atoms with E-state index in [1.807, 2.05) is 24.3 Å². The van der Waals surface area contributed by atoms with Crippen LogP contribution in [0.5, 0.6) is 0 Å². The Balaban J connectivity index is 1.38. The SMILES string of the molecule is O=C(NCc1ccc(CN2CC[C@H](O)C2)cc1)c1csc2nc[nH]c(=O)c12. The molecule has 1 aromatic carbocycles. The van der Waals surface area contributed by atoms with E-state index in [0.29, 0.717) is 22.3 Å². The van der Waals surface area contributed by atoms with Gasteiger partial charge in [-0.1, -0.05) is 24.3 Å². The summed E-state index contributed by atoms with van der Waals surface area (Å²) in [6.07, 6.45) is 1.96. The molecule has 4 rings (SSSR count). The molecule has 27 heavy (non-hydrogen) atoms. The van der Waals surface area contributed by atoms with Crippen molar-refractivity contribution in [3.05, 3.63) is 63.0 Å². The summed E-state index contributed by atoms with van der Waals surface area (Å²) < 4.78 is 0. The first-order valence-electron chi connectivity index (χ1n) is 8.81. The zero-order valence-electron chi connectivity index (χ0n) is 14.6. The monoisotopic (exact) mass is 384 g/mol. The quantitative estimate of drug-likeness (QED) is 0.619. The third-order valence-electron chi connectivity index (χ3n) is 4.75. The molecule has 1 fully saturated rings. The summed E-state index contributed by atoms with van der Waals surface area (Å²) in [5.41, 5.74) is 2.22. The summed E-state index contributed by atoms with van der Waals surface area (Å²) in [4.78, 5) is 33.8. The molecule has 140 valence electrons. The molecule has 0 bridgehead atoms. The Kier molecular flexibility index (Phi) is 5.02. The third-order valence-corrected chi connectivity index (χ3v) is 5.64. The minimum absolute atomic E-state index is 0.213. The number of carbonyl (C=O) groups is 1. The molecule has 8 heteroatoms. The van der Waals surface area contributed by atoms with Crippen molar-refractivity contribution in [3.63, 3.8) is 0 Å². The zero-order chi connectivity index (χ0) is 18.8. The van der Waals surface area contributed by atoms with Gasteiger partial charge in [-0.2, -0.15) is 0 Å². The molecule has 3 heterocycles. The van der Waals surface area contributed by atoms with Gasteiger partial charge >= 0.3 is 0 Å². The van der Waals surface area contributed by atoms with Crippen molar-refractivity contribution in [1.29, 1.82) is 0 Å². The van der Waals surface area contributed by atoms with Crippen molar-refractivity contribution in [2.75, 3.05) is 13.1 Å². The highest BCUT2D eigenvalue weighted by Gasteiger charge is 2.20. The first-order chi connectivity index (χ1) is 13.1. The predicted molar refractivity (Wildman–Crippen MR) is 104 cm³/mol. The molecule has 0 aliphatic carbocycles. The summed E-state index contributed by atoms with van der Waals surface area (Å²) in [6.45, 7) is 2.85. The number of rotatable bonds is 5. The standard InChI is InChI=1S/C19H20N4O3S/c24-14-5-6-23(9-14)8-13-3-1-12(2-4-13)7-20-17(25)15-10-27-19-16(15)18(26)21-11-22-19/h1-4,10-11,14,24H,5-9H2,(H,20,25)(H,21,22,26)/t14-/m0/s1. The van der Waals surface area contributed by atoms with Crippen molar-refractivity contribution in [3.8, 4) is 0 Å². The highest BCUT2D eigenvalue weighted by molar-refractivity contribution is 7.17. The number of nitrogens with zero attached hydrogens (tertiary/aromatic N) is 2. The normalized spacial score (nSPS) is 17.4. The van der Waals surface area contributed by atoms with Gasteiger partial charge in [0, 0.05) is 31.6 Å². The third kappa shape index (κ3) is 3.92. The number of β-amino-alcohol motifs (C(OH)–C–C–N with tert-alkyl or cyclic N) is 1. The molecular formula is C19H20N4O3S. The molecule has 3 aromatic rings. The number of amides is 1. The minimum atomic E-state index is -0.303. The maximum atomic E-state index is 12.5. The molecule has 1 saturated heterocycles. The lowest BCUT2D eigenvalue weighted by atomic mass is 10.1. The number of aliphatic hydroxyl groups excluding tert-OH is 1. The van der Waals surface area contributed by atoms with Gasteiger partial charge in [-0.05, 0) is 17.5 Å². The van der Waals surface area contributed by atoms with Crippen LogP contribution in [0, 0.1) is 0 Å². The molecule has 2 aromatic heterocycles. The lowest BCUT2D eigenvalue weighted by Gasteiger charge is -2.15. The van der Waals surface area contributed by atoms with Gasteiger partial charge in [-0.25, -0.2) is 4.98 Å². The fourth-order valence-corrected chi connectivity index (χ4v) is 4.19. The summed E-state index contributed by atoms with van der Waals surface area (Å²) in [5, 5.41) is 14.5. The predicted octanol–water partition coefficient (Wildman–Crippen LogP) is 1.48. The van der Waals surface area contributed by atoms with Crippen LogP contribution in [0.15, 0.2) is 40.8 Å². The number of aliphatic hydroxyl groups is 1. The fourth-order valence-electron chi connectivity index (χ4n) is 3.31. The maximum absolute atomic E-state index is 12.5. The van der Waals surface area contributed by atoms with E-state index in [-0.39, 0.29) is 17.6 Å². The molecule has 0 radical (unpaired) electrons. The van der Waals surface area contributed by atoms with Crippen molar-refractivity contribution in [2.45, 2.75) is 25.6 Å². The van der Waals surface area contributed by atoms with E-state index in [9.17, 15) is 14.7 Å². The number of thiophene rings is 1. The average Bonchev–Trinajstić information content (AvgIpc) is 3.28. The topological polar surface area (TPSA) is 98.3 Å². The van der Waals surface area contributed by atoms with Crippen molar-refractivity contribution in [1.82, 2.24) is 20.2 Å². The first kappa shape index (κ1) is 17.8. The number of hydrogen-bond donors (Lipinski definition) is 3. The van der Waals surface area contributed by atoms with Gasteiger partial charge in [0.05, 0.1) is 23.4 Å². The first-order valence-corrected chi connectivity index (χ1v) is 9.69.